The number of benzene rings is 10. The van der Waals surface area contributed by atoms with Crippen molar-refractivity contribution in [3.05, 3.63) is 257 Å². The van der Waals surface area contributed by atoms with E-state index in [1.165, 1.54) is 115 Å². The van der Waals surface area contributed by atoms with Gasteiger partial charge < -0.3 is 45.6 Å². The molecule has 834 valence electrons. The lowest BCUT2D eigenvalue weighted by Gasteiger charge is -2.22. The van der Waals surface area contributed by atoms with Gasteiger partial charge in [0.05, 0.1) is 39.7 Å². The normalized spacial score (nSPS) is 13.1. The number of aliphatic carboxylic acids is 4. The minimum Gasteiger partial charge on any atom is -0.488 e. The van der Waals surface area contributed by atoms with Crippen LogP contribution >= 0.6 is 0 Å². The van der Waals surface area contributed by atoms with Crippen LogP contribution in [-0.2, 0) is 44.5 Å². The van der Waals surface area contributed by atoms with E-state index in [0.29, 0.717) is 54.4 Å². The lowest BCUT2D eigenvalue weighted by Crippen LogP contribution is -2.40. The molecule has 0 radical (unpaired) electrons. The largest absolute Gasteiger partial charge is 0.488 e. The number of aryl methyl sites for hydroxylation is 1. The van der Waals surface area contributed by atoms with E-state index in [-0.39, 0.29) is 71.2 Å². The van der Waals surface area contributed by atoms with Crippen LogP contribution in [0, 0.1) is 46.3 Å². The summed E-state index contributed by atoms with van der Waals surface area (Å²) in [5, 5.41) is 58.8. The topological polar surface area (TPSA) is 263 Å². The predicted octanol–water partition coefficient (Wildman–Crippen LogP) is 36.4. The summed E-state index contributed by atoms with van der Waals surface area (Å²) >= 11 is 0. The fourth-order valence-corrected chi connectivity index (χ4v) is 12.3. The number of hydrogen-bond acceptors (Lipinski definition) is 10. The number of carbonyl (C=O) groups is 7. The first-order valence-electron chi connectivity index (χ1n) is 54.6. The molecular weight excluding hydrogens is 1870 g/mol. The van der Waals surface area contributed by atoms with Gasteiger partial charge in [-0.05, 0) is 324 Å². The van der Waals surface area contributed by atoms with E-state index in [1.807, 2.05) is 124 Å². The van der Waals surface area contributed by atoms with Gasteiger partial charge in [0.25, 0.3) is 0 Å². The van der Waals surface area contributed by atoms with Gasteiger partial charge in [-0.3, -0.25) is 33.6 Å². The van der Waals surface area contributed by atoms with Crippen molar-refractivity contribution in [3.63, 3.8) is 0 Å². The Labute approximate surface area is 899 Å². The second-order valence-corrected chi connectivity index (χ2v) is 43.6. The van der Waals surface area contributed by atoms with Gasteiger partial charge >= 0.3 is 36.0 Å². The second-order valence-electron chi connectivity index (χ2n) is 43.6. The number of fused-ring (bicyclic) bond motifs is 4. The first-order chi connectivity index (χ1) is 69.2. The lowest BCUT2D eigenvalue weighted by molar-refractivity contribution is -0.151. The van der Waals surface area contributed by atoms with E-state index in [0.717, 1.165) is 43.4 Å². The number of halogens is 3. The number of hydrogen-bond donors (Lipinski definition) is 7. The molecule has 10 unspecified atom stereocenters. The maximum atomic E-state index is 12.5. The van der Waals surface area contributed by atoms with Crippen LogP contribution < -0.4 is 15.4 Å². The van der Waals surface area contributed by atoms with E-state index in [1.54, 1.807) is 62.3 Å². The molecule has 0 aliphatic carbocycles. The molecule has 10 atom stereocenters. The Morgan fingerprint density at radius 2 is 0.577 bits per heavy atom. The highest BCUT2D eigenvalue weighted by molar-refractivity contribution is 5.86. The molecule has 2 amide bonds. The molecule has 0 aromatic heterocycles. The number of carbonyl (C=O) groups excluding carboxylic acids is 3. The number of aliphatic hydroxyl groups excluding tert-OH is 1. The molecule has 0 aliphatic heterocycles. The highest BCUT2D eigenvalue weighted by Gasteiger charge is 2.32. The molecular formula is C130H199F3N2O14. The van der Waals surface area contributed by atoms with Crippen molar-refractivity contribution in [1.82, 2.24) is 10.6 Å². The number of nitrogens with one attached hydrogen (secondary N) is 2. The second kappa shape index (κ2) is 73.3. The van der Waals surface area contributed by atoms with Crippen molar-refractivity contribution in [1.29, 1.82) is 0 Å². The highest BCUT2D eigenvalue weighted by Crippen LogP contribution is 2.35. The van der Waals surface area contributed by atoms with Crippen molar-refractivity contribution in [2.24, 2.45) is 39.4 Å². The van der Waals surface area contributed by atoms with Crippen molar-refractivity contribution in [3.8, 4) is 5.75 Å². The van der Waals surface area contributed by atoms with Crippen LogP contribution in [-0.4, -0.2) is 97.6 Å². The van der Waals surface area contributed by atoms with Crippen LogP contribution in [0.25, 0.3) is 43.1 Å². The number of aliphatic hydroxyl groups is 1. The number of ether oxygens (including phenoxy) is 2. The third-order valence-electron chi connectivity index (χ3n) is 27.2. The number of alkyl halides is 3. The molecule has 10 aromatic rings. The average Bonchev–Trinajstić information content (AvgIpc) is 0.836. The average molecular weight is 2070 g/mol. The summed E-state index contributed by atoms with van der Waals surface area (Å²) < 4.78 is 48.1. The van der Waals surface area contributed by atoms with Gasteiger partial charge in [0.2, 0.25) is 11.8 Å². The van der Waals surface area contributed by atoms with Crippen molar-refractivity contribution in [2.75, 3.05) is 6.61 Å². The summed E-state index contributed by atoms with van der Waals surface area (Å²) in [4.78, 5) is 74.1. The zero-order chi connectivity index (χ0) is 115. The molecule has 0 fully saturated rings. The predicted molar refractivity (Wildman–Crippen MR) is 625 cm³/mol. The van der Waals surface area contributed by atoms with Crippen LogP contribution in [0.3, 0.4) is 0 Å². The Morgan fingerprint density at radius 1 is 0.309 bits per heavy atom. The SMILES string of the molecule is CCC(C)(C)C(=O)NC(C)C.CCC(C)(C)C(=O)O.CCC(C)(C)C(=O)O.CCC(C)(C)C(=O)O.CCC(C)C(=O)NC(C)C.CCC(C)C(=O)O.CCC(C)C(=O)OCC(C)O.CCC(C)c1cc(C)cc(C(F)(F)F)c1.CCC(C)c1ccc(OC(C)(C)C)cc1.CCC(C)c1ccc2ccccc2c1.CCC(C)c1ccc2ccccc2c1.CCC(C)c1ccc2ccccc2c1.CCC(C)c1ccc2ccccc2c1. The summed E-state index contributed by atoms with van der Waals surface area (Å²) in [6.45, 7) is 77.0. The molecule has 0 bridgehead atoms. The van der Waals surface area contributed by atoms with E-state index in [2.05, 4.69) is 295 Å². The monoisotopic (exact) mass is 2070 g/mol. The molecule has 0 saturated heterocycles. The van der Waals surface area contributed by atoms with Gasteiger partial charge in [-0.1, -0.05) is 360 Å². The number of carboxylic acids is 4. The lowest BCUT2D eigenvalue weighted by atomic mass is 9.89. The number of amides is 2. The molecule has 10 aromatic carbocycles. The molecule has 19 heteroatoms. The highest BCUT2D eigenvalue weighted by atomic mass is 19.4. The molecule has 10 rings (SSSR count). The summed E-state index contributed by atoms with van der Waals surface area (Å²) in [5.41, 5.74) is 6.12. The number of rotatable bonds is 31. The van der Waals surface area contributed by atoms with Gasteiger partial charge in [-0.15, -0.1) is 0 Å². The van der Waals surface area contributed by atoms with E-state index < -0.39 is 58.0 Å². The minimum absolute atomic E-state index is 0.0613. The van der Waals surface area contributed by atoms with Crippen molar-refractivity contribution in [2.45, 2.75) is 419 Å². The van der Waals surface area contributed by atoms with Crippen molar-refractivity contribution >= 4 is 84.8 Å². The fourth-order valence-electron chi connectivity index (χ4n) is 12.3. The zero-order valence-electron chi connectivity index (χ0n) is 99.1. The third-order valence-corrected chi connectivity index (χ3v) is 27.2. The van der Waals surface area contributed by atoms with E-state index in [9.17, 15) is 46.7 Å². The zero-order valence-corrected chi connectivity index (χ0v) is 99.1. The van der Waals surface area contributed by atoms with Gasteiger partial charge in [0.1, 0.15) is 18.0 Å². The van der Waals surface area contributed by atoms with Crippen LogP contribution in [0.5, 0.6) is 5.75 Å². The molecule has 16 nitrogen and oxygen atoms in total. The van der Waals surface area contributed by atoms with Crippen molar-refractivity contribution < 1.29 is 81.7 Å². The summed E-state index contributed by atoms with van der Waals surface area (Å²) in [5.74, 6) is 1.55. The minimum atomic E-state index is -4.24. The number of esters is 1. The fraction of sp³-hybridized carbons (Fsp3) is 0.546. The molecule has 0 spiro atoms. The third kappa shape index (κ3) is 59.5. The van der Waals surface area contributed by atoms with Crippen LogP contribution in [0.15, 0.2) is 212 Å². The molecule has 0 saturated carbocycles. The molecule has 149 heavy (non-hydrogen) atoms. The molecule has 0 heterocycles. The first-order valence-corrected chi connectivity index (χ1v) is 54.6. The van der Waals surface area contributed by atoms with Gasteiger partial charge in [-0.25, -0.2) is 0 Å². The Hall–Kier alpha value is -10.9. The maximum Gasteiger partial charge on any atom is 0.416 e. The first kappa shape index (κ1) is 142. The standard InChI is InChI=1S/C14H22O.4C14H16.C12H15F3.C9H19NO.C8H17NO.C8H16O3.3C6H12O2.C5H10O2/c1-6-11(2)12-7-9-13(10-8-12)15-14(3,4)5;4*1-3-11(2)13-9-8-12-6-4-5-7-14(12)10-13;1-4-9(3)10-5-8(2)6-11(7-10)12(13,14)15;1-6-9(4,5)8(11)10-7(2)3;1-5-7(4)8(10)9-6(2)3;1-4-6(2)8(10)11-5-7(3)9;3*1-4-6(2,3)5(7)8;1-3-4(2)5(6)7/h7-11H,6H2,1-5H3;4*4-11H,3H2,1-2H3;5-7,9H,4H2,1-3H3;7H,6H2,1-5H3,(H,10,11);6-7H,5H2,1-4H3,(H,9,10);6-7,9H,4-5H2,1-3H3;3*4H2,1-3H3,(H,7,8);4H,3H2,1-2H3,(H,6,7). The number of carboxylic acid groups (broad SMARTS) is 4. The van der Waals surface area contributed by atoms with Gasteiger partial charge in [-0.2, -0.15) is 13.2 Å². The molecule has 0 aliphatic rings. The van der Waals surface area contributed by atoms with Crippen LogP contribution in [0.1, 0.15) is 427 Å². The Morgan fingerprint density at radius 3 is 0.799 bits per heavy atom. The molecule has 7 N–H and O–H groups in total. The Bertz CT molecular complexity index is 5030. The Balaban J connectivity index is -0.00000156. The summed E-state index contributed by atoms with van der Waals surface area (Å²) in [6, 6.07) is 74.4. The van der Waals surface area contributed by atoms with E-state index in [4.69, 9.17) is 35.0 Å². The van der Waals surface area contributed by atoms with E-state index >= 15 is 0 Å². The maximum absolute atomic E-state index is 12.5. The van der Waals surface area contributed by atoms with Gasteiger partial charge in [0, 0.05) is 23.4 Å². The quantitative estimate of drug-likeness (QED) is 0.0199. The smallest absolute Gasteiger partial charge is 0.416 e. The van der Waals surface area contributed by atoms with Crippen LogP contribution in [0.2, 0.25) is 0 Å². The summed E-state index contributed by atoms with van der Waals surface area (Å²) in [6.07, 6.45) is 7.38. The van der Waals surface area contributed by atoms with Gasteiger partial charge in [0.15, 0.2) is 0 Å². The van der Waals surface area contributed by atoms with Crippen LogP contribution in [0.4, 0.5) is 13.2 Å². The Kier molecular flexibility index (Phi) is 70.0. The summed E-state index contributed by atoms with van der Waals surface area (Å²) in [7, 11) is 0.